The molecular weight excluding hydrogens is 236 g/mol. The van der Waals surface area contributed by atoms with E-state index in [1.165, 1.54) is 12.8 Å². The van der Waals surface area contributed by atoms with Crippen LogP contribution in [0.3, 0.4) is 0 Å². The van der Waals surface area contributed by atoms with Crippen LogP contribution in [-0.2, 0) is 4.79 Å². The van der Waals surface area contributed by atoms with Gasteiger partial charge in [-0.25, -0.2) is 0 Å². The lowest BCUT2D eigenvalue weighted by molar-refractivity contribution is -0.122. The maximum absolute atomic E-state index is 11.9. The van der Waals surface area contributed by atoms with Crippen molar-refractivity contribution in [1.29, 1.82) is 0 Å². The molecule has 0 radical (unpaired) electrons. The lowest BCUT2D eigenvalue weighted by Crippen LogP contribution is -2.51. The summed E-state index contributed by atoms with van der Waals surface area (Å²) in [4.78, 5) is 11.9. The van der Waals surface area contributed by atoms with E-state index in [2.05, 4.69) is 30.6 Å². The van der Waals surface area contributed by atoms with Gasteiger partial charge >= 0.3 is 0 Å². The minimum Gasteiger partial charge on any atom is -0.355 e. The molecule has 0 aromatic rings. The molecule has 19 heavy (non-hydrogen) atoms. The summed E-state index contributed by atoms with van der Waals surface area (Å²) < 4.78 is 0. The highest BCUT2D eigenvalue weighted by Gasteiger charge is 2.50. The topological polar surface area (TPSA) is 41.1 Å². The lowest BCUT2D eigenvalue weighted by atomic mass is 9.49. The number of carbonyl (C=O) groups is 1. The standard InChI is InChI=1S/C16H26N2O/c1-16(2)12-7-6-11(13(16)9-12)10-18-14-5-3-4-8-17-15(14)19/h6,12-14,18H,3-5,7-10H2,1-2H3,(H,17,19)/t12-,13-,14-/m1/s1. The molecule has 3 nitrogen and oxygen atoms in total. The lowest BCUT2D eigenvalue weighted by Gasteiger charge is -2.56. The second-order valence-electron chi connectivity index (χ2n) is 7.04. The Kier molecular flexibility index (Phi) is 3.42. The quantitative estimate of drug-likeness (QED) is 0.766. The first kappa shape index (κ1) is 13.2. The summed E-state index contributed by atoms with van der Waals surface area (Å²) in [6.07, 6.45) is 8.26. The highest BCUT2D eigenvalue weighted by atomic mass is 16.2. The molecule has 3 heteroatoms. The predicted octanol–water partition coefficient (Wildman–Crippen LogP) is 2.24. The molecule has 1 saturated carbocycles. The molecule has 0 aromatic carbocycles. The van der Waals surface area contributed by atoms with Gasteiger partial charge in [0.25, 0.3) is 0 Å². The molecule has 0 aromatic heterocycles. The van der Waals surface area contributed by atoms with E-state index < -0.39 is 0 Å². The average molecular weight is 262 g/mol. The Hall–Kier alpha value is -0.830. The smallest absolute Gasteiger partial charge is 0.237 e. The van der Waals surface area contributed by atoms with Crippen molar-refractivity contribution in [1.82, 2.24) is 10.6 Å². The molecule has 1 amide bonds. The zero-order valence-corrected chi connectivity index (χ0v) is 12.2. The molecule has 2 bridgehead atoms. The van der Waals surface area contributed by atoms with Gasteiger partial charge in [-0.1, -0.05) is 25.5 Å². The Balaban J connectivity index is 1.57. The van der Waals surface area contributed by atoms with Gasteiger partial charge in [-0.05, 0) is 49.4 Å². The Morgan fingerprint density at radius 3 is 3.00 bits per heavy atom. The Morgan fingerprint density at radius 1 is 1.42 bits per heavy atom. The normalized spacial score (nSPS) is 36.8. The molecular formula is C16H26N2O. The monoisotopic (exact) mass is 262 g/mol. The van der Waals surface area contributed by atoms with Gasteiger partial charge in [-0.15, -0.1) is 0 Å². The second-order valence-corrected chi connectivity index (χ2v) is 7.04. The largest absolute Gasteiger partial charge is 0.355 e. The third-order valence-corrected chi connectivity index (χ3v) is 5.67. The predicted molar refractivity (Wildman–Crippen MR) is 76.7 cm³/mol. The summed E-state index contributed by atoms with van der Waals surface area (Å²) in [5.74, 6) is 1.83. The van der Waals surface area contributed by atoms with Crippen molar-refractivity contribution in [2.24, 2.45) is 17.3 Å². The van der Waals surface area contributed by atoms with Gasteiger partial charge in [0.05, 0.1) is 6.04 Å². The van der Waals surface area contributed by atoms with Crippen LogP contribution in [0.2, 0.25) is 0 Å². The number of allylic oxidation sites excluding steroid dienone is 1. The second kappa shape index (κ2) is 4.93. The van der Waals surface area contributed by atoms with Gasteiger partial charge < -0.3 is 10.6 Å². The van der Waals surface area contributed by atoms with Crippen molar-refractivity contribution in [2.45, 2.75) is 52.0 Å². The molecule has 1 heterocycles. The molecule has 4 aliphatic rings. The summed E-state index contributed by atoms with van der Waals surface area (Å²) in [6.45, 7) is 6.55. The van der Waals surface area contributed by atoms with E-state index in [0.29, 0.717) is 5.41 Å². The molecule has 1 aliphatic heterocycles. The van der Waals surface area contributed by atoms with Crippen molar-refractivity contribution >= 4 is 5.91 Å². The summed E-state index contributed by atoms with van der Waals surface area (Å²) in [5.41, 5.74) is 2.03. The van der Waals surface area contributed by atoms with Crippen molar-refractivity contribution in [3.8, 4) is 0 Å². The molecule has 0 unspecified atom stereocenters. The number of hydrogen-bond donors (Lipinski definition) is 2. The maximum Gasteiger partial charge on any atom is 0.237 e. The van der Waals surface area contributed by atoms with Crippen LogP contribution >= 0.6 is 0 Å². The first-order chi connectivity index (χ1) is 9.09. The van der Waals surface area contributed by atoms with Crippen molar-refractivity contribution in [3.63, 3.8) is 0 Å². The highest BCUT2D eigenvalue weighted by molar-refractivity contribution is 5.81. The number of amides is 1. The first-order valence-corrected chi connectivity index (χ1v) is 7.79. The van der Waals surface area contributed by atoms with Gasteiger partial charge in [-0.3, -0.25) is 4.79 Å². The van der Waals surface area contributed by atoms with E-state index in [9.17, 15) is 4.79 Å². The average Bonchev–Trinajstić information content (AvgIpc) is 2.61. The van der Waals surface area contributed by atoms with Crippen molar-refractivity contribution < 1.29 is 4.79 Å². The van der Waals surface area contributed by atoms with Crippen LogP contribution in [0.25, 0.3) is 0 Å². The number of nitrogens with one attached hydrogen (secondary N) is 2. The molecule has 3 atom stereocenters. The van der Waals surface area contributed by atoms with Gasteiger partial charge in [-0.2, -0.15) is 0 Å². The van der Waals surface area contributed by atoms with Crippen LogP contribution in [0.1, 0.15) is 46.0 Å². The van der Waals surface area contributed by atoms with Crippen LogP contribution in [0, 0.1) is 17.3 Å². The number of carbonyl (C=O) groups excluding carboxylic acids is 1. The molecule has 106 valence electrons. The summed E-state index contributed by atoms with van der Waals surface area (Å²) in [5, 5.41) is 6.49. The fourth-order valence-electron chi connectivity index (χ4n) is 4.05. The minimum absolute atomic E-state index is 0.0179. The van der Waals surface area contributed by atoms with E-state index in [4.69, 9.17) is 0 Å². The van der Waals surface area contributed by atoms with Crippen LogP contribution < -0.4 is 10.6 Å². The Labute approximate surface area is 116 Å². The molecule has 3 aliphatic carbocycles. The van der Waals surface area contributed by atoms with E-state index in [-0.39, 0.29) is 11.9 Å². The summed E-state index contributed by atoms with van der Waals surface area (Å²) >= 11 is 0. The van der Waals surface area contributed by atoms with Gasteiger partial charge in [0.2, 0.25) is 5.91 Å². The zero-order chi connectivity index (χ0) is 13.5. The Bertz CT molecular complexity index is 400. The van der Waals surface area contributed by atoms with Crippen LogP contribution in [0.15, 0.2) is 11.6 Å². The van der Waals surface area contributed by atoms with Crippen molar-refractivity contribution in [2.75, 3.05) is 13.1 Å². The van der Waals surface area contributed by atoms with E-state index in [1.807, 2.05) is 0 Å². The van der Waals surface area contributed by atoms with E-state index in [1.54, 1.807) is 5.57 Å². The van der Waals surface area contributed by atoms with Crippen LogP contribution in [-0.4, -0.2) is 25.0 Å². The molecule has 2 N–H and O–H groups in total. The first-order valence-electron chi connectivity index (χ1n) is 7.79. The highest BCUT2D eigenvalue weighted by Crippen LogP contribution is 2.58. The Morgan fingerprint density at radius 2 is 2.26 bits per heavy atom. The third-order valence-electron chi connectivity index (χ3n) is 5.67. The molecule has 0 spiro atoms. The van der Waals surface area contributed by atoms with Crippen molar-refractivity contribution in [3.05, 3.63) is 11.6 Å². The zero-order valence-electron chi connectivity index (χ0n) is 12.2. The van der Waals surface area contributed by atoms with Crippen LogP contribution in [0.4, 0.5) is 0 Å². The number of hydrogen-bond acceptors (Lipinski definition) is 2. The number of fused-ring (bicyclic) bond motifs is 1. The van der Waals surface area contributed by atoms with Gasteiger partial charge in [0.1, 0.15) is 0 Å². The molecule has 2 fully saturated rings. The minimum atomic E-state index is 0.0179. The van der Waals surface area contributed by atoms with Gasteiger partial charge in [0.15, 0.2) is 0 Å². The summed E-state index contributed by atoms with van der Waals surface area (Å²) in [6, 6.07) is 0.0179. The van der Waals surface area contributed by atoms with E-state index in [0.717, 1.165) is 44.2 Å². The molecule has 1 saturated heterocycles. The van der Waals surface area contributed by atoms with E-state index >= 15 is 0 Å². The summed E-state index contributed by atoms with van der Waals surface area (Å²) in [7, 11) is 0. The third kappa shape index (κ3) is 2.33. The SMILES string of the molecule is CC1(C)[C@@H]2CC=C(CN[C@@H]3CCCCNC3=O)[C@H]1C2. The molecule has 4 rings (SSSR count). The fraction of sp³-hybridized carbons (Fsp3) is 0.812. The van der Waals surface area contributed by atoms with Gasteiger partial charge in [0, 0.05) is 13.1 Å². The van der Waals surface area contributed by atoms with Crippen LogP contribution in [0.5, 0.6) is 0 Å². The number of rotatable bonds is 3. The maximum atomic E-state index is 11.9. The fourth-order valence-corrected chi connectivity index (χ4v) is 4.05.